The van der Waals surface area contributed by atoms with Gasteiger partial charge in [-0.05, 0) is 0 Å². The largest absolute Gasteiger partial charge is 0.753 e. The molecule has 5 heavy (non-hydrogen) atoms. The van der Waals surface area contributed by atoms with Gasteiger partial charge in [0.2, 0.25) is 0 Å². The maximum Gasteiger partial charge on any atom is 0.327 e. The van der Waals surface area contributed by atoms with Crippen molar-refractivity contribution in [3.8, 4) is 0 Å². The van der Waals surface area contributed by atoms with Crippen molar-refractivity contribution in [2.45, 2.75) is 0 Å². The fourth-order valence-electron chi connectivity index (χ4n) is 0.0272. The molecule has 1 heterocycles. The van der Waals surface area contributed by atoms with Gasteiger partial charge >= 0.3 is 7.82 Å². The molecule has 30 valence electrons. The van der Waals surface area contributed by atoms with Crippen LogP contribution in [0.4, 0.5) is 0 Å². The van der Waals surface area contributed by atoms with Crippen molar-refractivity contribution >= 4 is 7.82 Å². The average molecular weight is 95.0 g/mol. The number of phosphoric acid groups is 1. The van der Waals surface area contributed by atoms with Crippen molar-refractivity contribution in [2.75, 3.05) is 0 Å². The van der Waals surface area contributed by atoms with Crippen LogP contribution in [0.2, 0.25) is 0 Å². The van der Waals surface area contributed by atoms with Gasteiger partial charge in [0.25, 0.3) is 0 Å². The summed E-state index contributed by atoms with van der Waals surface area (Å²) >= 11 is 0. The lowest BCUT2D eigenvalue weighted by atomic mass is 15.0. The Morgan fingerprint density at radius 3 is 1.80 bits per heavy atom. The van der Waals surface area contributed by atoms with Crippen LogP contribution >= 0.6 is 7.82 Å². The molecule has 0 atom stereocenters. The topological polar surface area (TPSA) is 65.2 Å². The van der Waals surface area contributed by atoms with Crippen LogP contribution in [0.15, 0.2) is 0 Å². The van der Waals surface area contributed by atoms with Crippen molar-refractivity contribution in [3.05, 3.63) is 0 Å². The monoisotopic (exact) mass is 95.0 g/mol. The Labute approximate surface area is 27.9 Å². The van der Waals surface area contributed by atoms with E-state index >= 15 is 0 Å². The number of hydrogen-bond donors (Lipinski definition) is 0. The highest BCUT2D eigenvalue weighted by Crippen LogP contribution is 2.55. The zero-order chi connectivity index (χ0) is 3.91. The fraction of sp³-hybridized carbons (Fsp3) is 0. The number of hydrogen-bond acceptors (Lipinski definition) is 4. The summed E-state index contributed by atoms with van der Waals surface area (Å²) in [6, 6.07) is 0. The predicted molar refractivity (Wildman–Crippen MR) is 9.78 cm³/mol. The molecule has 1 rings (SSSR count). The first-order chi connectivity index (χ1) is 2.21. The molecule has 1 fully saturated rings. The number of rotatable bonds is 0. The van der Waals surface area contributed by atoms with Gasteiger partial charge < -0.3 is 4.89 Å². The highest BCUT2D eigenvalue weighted by atomic mass is 31.2. The quantitative estimate of drug-likeness (QED) is 0.229. The molecule has 0 aliphatic carbocycles. The van der Waals surface area contributed by atoms with Gasteiger partial charge in [-0.3, -0.25) is 4.57 Å². The summed E-state index contributed by atoms with van der Waals surface area (Å²) in [6.45, 7) is 0. The molecular weight excluding hydrogens is 95.0 g/mol. The Kier molecular flexibility index (Phi) is 0.400. The van der Waals surface area contributed by atoms with Crippen molar-refractivity contribution in [3.63, 3.8) is 0 Å². The molecular formula is O4P-. The molecule has 5 heteroatoms. The highest BCUT2D eigenvalue weighted by Gasteiger charge is 2.27. The molecule has 0 amide bonds. The van der Waals surface area contributed by atoms with Crippen molar-refractivity contribution < 1.29 is 18.8 Å². The van der Waals surface area contributed by atoms with E-state index in [2.05, 4.69) is 9.35 Å². The Morgan fingerprint density at radius 1 is 1.60 bits per heavy atom. The van der Waals surface area contributed by atoms with Gasteiger partial charge in [0.05, 0.1) is 0 Å². The third kappa shape index (κ3) is 0.701. The summed E-state index contributed by atoms with van der Waals surface area (Å²) in [5.41, 5.74) is 0. The lowest BCUT2D eigenvalue weighted by Crippen LogP contribution is -1.80. The van der Waals surface area contributed by atoms with E-state index in [1.807, 2.05) is 0 Å². The van der Waals surface area contributed by atoms with Gasteiger partial charge in [0.15, 0.2) is 0 Å². The summed E-state index contributed by atoms with van der Waals surface area (Å²) in [5.74, 6) is 0. The molecule has 0 aromatic rings. The first-order valence-corrected chi connectivity index (χ1v) is 2.36. The Morgan fingerprint density at radius 2 is 1.80 bits per heavy atom. The second kappa shape index (κ2) is 0.604. The van der Waals surface area contributed by atoms with E-state index in [4.69, 9.17) is 0 Å². The molecule has 0 bridgehead atoms. The van der Waals surface area contributed by atoms with Crippen LogP contribution in [0.1, 0.15) is 0 Å². The molecule has 1 aliphatic heterocycles. The molecule has 0 aromatic heterocycles. The maximum atomic E-state index is 9.33. The van der Waals surface area contributed by atoms with E-state index in [9.17, 15) is 9.46 Å². The predicted octanol–water partition coefficient (Wildman–Crippen LogP) is -0.583. The maximum absolute atomic E-state index is 9.33. The third-order valence-electron chi connectivity index (χ3n) is 0.196. The molecule has 0 unspecified atom stereocenters. The standard InChI is InChI=1S/HO4P/c1-5(2)3-4-5/h(H,1,2)/p-1. The normalized spacial score (nSPS) is 29.8. The summed E-state index contributed by atoms with van der Waals surface area (Å²) in [6.07, 6.45) is 0. The van der Waals surface area contributed by atoms with Crippen molar-refractivity contribution in [1.29, 1.82) is 0 Å². The van der Waals surface area contributed by atoms with Crippen LogP contribution in [0, 0.1) is 0 Å². The molecule has 0 saturated carbocycles. The van der Waals surface area contributed by atoms with Crippen LogP contribution in [-0.4, -0.2) is 0 Å². The summed E-state index contributed by atoms with van der Waals surface area (Å²) in [7, 11) is -3.64. The van der Waals surface area contributed by atoms with Crippen LogP contribution in [0.5, 0.6) is 0 Å². The van der Waals surface area contributed by atoms with Crippen LogP contribution in [-0.2, 0) is 13.9 Å². The van der Waals surface area contributed by atoms with Crippen LogP contribution in [0.25, 0.3) is 0 Å². The van der Waals surface area contributed by atoms with Crippen LogP contribution < -0.4 is 4.89 Å². The summed E-state index contributed by atoms with van der Waals surface area (Å²) < 4.78 is 16.1. The highest BCUT2D eigenvalue weighted by molar-refractivity contribution is 7.50. The minimum absolute atomic E-state index is 3.40. The van der Waals surface area contributed by atoms with Gasteiger partial charge in [0.1, 0.15) is 0 Å². The second-order valence-corrected chi connectivity index (χ2v) is 1.79. The first-order valence-electron chi connectivity index (χ1n) is 0.897. The summed E-state index contributed by atoms with van der Waals surface area (Å²) in [4.78, 5) is 9.33. The van der Waals surface area contributed by atoms with E-state index in [-0.39, 0.29) is 0 Å². The molecule has 0 radical (unpaired) electrons. The van der Waals surface area contributed by atoms with E-state index in [0.29, 0.717) is 0 Å². The smallest absolute Gasteiger partial charge is 0.327 e. The Balaban J connectivity index is 2.72. The Bertz CT molecular complexity index is 75.6. The fourth-order valence-corrected chi connectivity index (χ4v) is 0.245. The zero-order valence-electron chi connectivity index (χ0n) is 2.08. The summed E-state index contributed by atoms with van der Waals surface area (Å²) in [5, 5.41) is 0. The third-order valence-corrected chi connectivity index (χ3v) is 0.589. The van der Waals surface area contributed by atoms with Gasteiger partial charge in [-0.1, -0.05) is 0 Å². The molecule has 0 N–H and O–H groups in total. The minimum Gasteiger partial charge on any atom is -0.753 e. The first kappa shape index (κ1) is 3.31. The zero-order valence-corrected chi connectivity index (χ0v) is 2.97. The lowest BCUT2D eigenvalue weighted by Gasteiger charge is -1.76. The SMILES string of the molecule is O=P1([O-])OO1. The minimum atomic E-state index is -3.64. The second-order valence-electron chi connectivity index (χ2n) is 0.596. The van der Waals surface area contributed by atoms with Gasteiger partial charge in [0, 0.05) is 0 Å². The molecule has 1 saturated heterocycles. The molecule has 0 aromatic carbocycles. The molecule has 4 nitrogen and oxygen atoms in total. The molecule has 0 spiro atoms. The lowest BCUT2D eigenvalue weighted by molar-refractivity contribution is -0.177. The van der Waals surface area contributed by atoms with E-state index in [1.165, 1.54) is 0 Å². The van der Waals surface area contributed by atoms with Gasteiger partial charge in [-0.25, -0.2) is 0 Å². The van der Waals surface area contributed by atoms with Crippen molar-refractivity contribution in [2.24, 2.45) is 0 Å². The van der Waals surface area contributed by atoms with E-state index in [1.54, 1.807) is 0 Å². The van der Waals surface area contributed by atoms with E-state index < -0.39 is 7.82 Å². The van der Waals surface area contributed by atoms with Crippen LogP contribution in [0.3, 0.4) is 0 Å². The molecule has 1 aliphatic rings. The van der Waals surface area contributed by atoms with Gasteiger partial charge in [-0.15, -0.1) is 0 Å². The Hall–Kier alpha value is 0.110. The van der Waals surface area contributed by atoms with E-state index in [0.717, 1.165) is 0 Å². The average Bonchev–Trinajstić information content (AvgIpc) is 1.76. The van der Waals surface area contributed by atoms with Gasteiger partial charge in [-0.2, -0.15) is 9.35 Å². The van der Waals surface area contributed by atoms with Crippen molar-refractivity contribution in [1.82, 2.24) is 0 Å².